The Morgan fingerprint density at radius 3 is 1.62 bits per heavy atom. The van der Waals surface area contributed by atoms with Gasteiger partial charge in [-0.05, 0) is 27.7 Å². The lowest BCUT2D eigenvalue weighted by Gasteiger charge is -2.33. The quantitative estimate of drug-likeness (QED) is 0.375. The molecule has 0 saturated heterocycles. The zero-order valence-corrected chi connectivity index (χ0v) is 12.4. The van der Waals surface area contributed by atoms with Crippen molar-refractivity contribution < 1.29 is 18.3 Å². The van der Waals surface area contributed by atoms with Gasteiger partial charge in [0.05, 0.1) is 0 Å². The smallest absolute Gasteiger partial charge is 0.329 e. The molecule has 0 aliphatic carbocycles. The number of hydrogen-bond acceptors (Lipinski definition) is 4. The minimum Gasteiger partial charge on any atom is -0.368 e. The molecule has 0 aromatic heterocycles. The van der Waals surface area contributed by atoms with E-state index < -0.39 is 20.9 Å². The van der Waals surface area contributed by atoms with Gasteiger partial charge in [-0.3, -0.25) is 0 Å². The minimum absolute atomic E-state index is 0.635. The maximum atomic E-state index is 5.81. The van der Waals surface area contributed by atoms with Crippen molar-refractivity contribution in [2.24, 2.45) is 0 Å². The van der Waals surface area contributed by atoms with Crippen LogP contribution in [-0.2, 0) is 18.3 Å². The molecular formula is C11H24O4Si. The monoisotopic (exact) mass is 248 g/mol. The third-order valence-corrected chi connectivity index (χ3v) is 4.55. The molecule has 5 heteroatoms. The predicted octanol–water partition coefficient (Wildman–Crippen LogP) is 2.19. The molecule has 0 atom stereocenters. The van der Waals surface area contributed by atoms with Crippen molar-refractivity contribution in [3.63, 3.8) is 0 Å². The number of hydrogen-bond donors (Lipinski definition) is 0. The molecule has 4 nitrogen and oxygen atoms in total. The summed E-state index contributed by atoms with van der Waals surface area (Å²) in [6.07, 6.45) is 1.80. The number of rotatable bonds is 8. The Morgan fingerprint density at radius 2 is 1.38 bits per heavy atom. The highest BCUT2D eigenvalue weighted by Crippen LogP contribution is 2.19. The average Bonchev–Trinajstić information content (AvgIpc) is 2.17. The summed E-state index contributed by atoms with van der Waals surface area (Å²) in [6, 6.07) is 0.708. The van der Waals surface area contributed by atoms with Crippen LogP contribution in [0.3, 0.4) is 0 Å². The van der Waals surface area contributed by atoms with Gasteiger partial charge in [0, 0.05) is 20.3 Å². The molecule has 0 N–H and O–H groups in total. The molecule has 0 rings (SSSR count). The van der Waals surface area contributed by atoms with E-state index in [2.05, 4.69) is 6.58 Å². The van der Waals surface area contributed by atoms with E-state index in [1.165, 1.54) is 0 Å². The summed E-state index contributed by atoms with van der Waals surface area (Å²) < 4.78 is 22.1. The van der Waals surface area contributed by atoms with Crippen molar-refractivity contribution in [1.82, 2.24) is 0 Å². The Kier molecular flexibility index (Phi) is 6.43. The largest absolute Gasteiger partial charge is 0.368 e. The molecule has 0 spiro atoms. The number of allylic oxidation sites excluding steroid dienone is 1. The van der Waals surface area contributed by atoms with E-state index in [1.807, 2.05) is 27.7 Å². The summed E-state index contributed by atoms with van der Waals surface area (Å²) in [7, 11) is 1.34. The van der Waals surface area contributed by atoms with Crippen molar-refractivity contribution >= 4 is 9.28 Å². The third-order valence-electron chi connectivity index (χ3n) is 2.17. The van der Waals surface area contributed by atoms with Gasteiger partial charge in [0.1, 0.15) is 0 Å². The fourth-order valence-electron chi connectivity index (χ4n) is 0.986. The van der Waals surface area contributed by atoms with E-state index in [0.717, 1.165) is 0 Å². The maximum Gasteiger partial charge on any atom is 0.329 e. The van der Waals surface area contributed by atoms with Crippen LogP contribution in [0.1, 0.15) is 27.7 Å². The first-order valence-electron chi connectivity index (χ1n) is 5.33. The van der Waals surface area contributed by atoms with Gasteiger partial charge in [0.2, 0.25) is 0 Å². The highest BCUT2D eigenvalue weighted by Gasteiger charge is 2.30. The van der Waals surface area contributed by atoms with Crippen LogP contribution in [0.15, 0.2) is 12.7 Å². The lowest BCUT2D eigenvalue weighted by Crippen LogP contribution is -2.42. The zero-order valence-electron chi connectivity index (χ0n) is 11.2. The van der Waals surface area contributed by atoms with Crippen LogP contribution in [0.25, 0.3) is 0 Å². The van der Waals surface area contributed by atoms with Crippen LogP contribution in [0, 0.1) is 0 Å². The maximum absolute atomic E-state index is 5.81. The van der Waals surface area contributed by atoms with Crippen LogP contribution in [0.2, 0.25) is 6.04 Å². The standard InChI is InChI=1S/C11H24O4Si/c1-8-9-16(14-10(2,3)12-6)15-11(4,5)13-7/h8,16H,1,9H2,2-7H3. The highest BCUT2D eigenvalue weighted by atomic mass is 28.3. The van der Waals surface area contributed by atoms with Gasteiger partial charge in [0.25, 0.3) is 0 Å². The van der Waals surface area contributed by atoms with E-state index in [9.17, 15) is 0 Å². The summed E-state index contributed by atoms with van der Waals surface area (Å²) in [4.78, 5) is 0. The lowest BCUT2D eigenvalue weighted by molar-refractivity contribution is -0.184. The second-order valence-electron chi connectivity index (χ2n) is 4.40. The molecule has 0 unspecified atom stereocenters. The summed E-state index contributed by atoms with van der Waals surface area (Å²) >= 11 is 0. The third kappa shape index (κ3) is 6.39. The van der Waals surface area contributed by atoms with Gasteiger partial charge < -0.3 is 18.3 Å². The van der Waals surface area contributed by atoms with E-state index in [4.69, 9.17) is 18.3 Å². The molecular weight excluding hydrogens is 224 g/mol. The van der Waals surface area contributed by atoms with Crippen molar-refractivity contribution in [1.29, 1.82) is 0 Å². The van der Waals surface area contributed by atoms with Crippen LogP contribution >= 0.6 is 0 Å². The Labute approximate surface area is 100 Å². The summed E-state index contributed by atoms with van der Waals surface area (Å²) in [5, 5.41) is 0. The molecule has 0 saturated carbocycles. The van der Waals surface area contributed by atoms with E-state index >= 15 is 0 Å². The van der Waals surface area contributed by atoms with Crippen LogP contribution in [0.4, 0.5) is 0 Å². The highest BCUT2D eigenvalue weighted by molar-refractivity contribution is 6.45. The van der Waals surface area contributed by atoms with Crippen molar-refractivity contribution in [2.75, 3.05) is 14.2 Å². The molecule has 0 aliphatic rings. The normalized spacial score (nSPS) is 13.2. The Balaban J connectivity index is 4.44. The summed E-state index contributed by atoms with van der Waals surface area (Å²) in [6.45, 7) is 11.1. The second kappa shape index (κ2) is 6.51. The zero-order chi connectivity index (χ0) is 12.8. The fraction of sp³-hybridized carbons (Fsp3) is 0.818. The first kappa shape index (κ1) is 15.8. The first-order chi connectivity index (χ1) is 7.26. The molecule has 0 aliphatic heterocycles. The molecule has 0 aromatic carbocycles. The van der Waals surface area contributed by atoms with Crippen LogP contribution in [0.5, 0.6) is 0 Å². The van der Waals surface area contributed by atoms with Crippen molar-refractivity contribution in [3.8, 4) is 0 Å². The predicted molar refractivity (Wildman–Crippen MR) is 66.5 cm³/mol. The van der Waals surface area contributed by atoms with Crippen molar-refractivity contribution in [2.45, 2.75) is 45.3 Å². The SMILES string of the molecule is C=CC[SiH](OC(C)(C)OC)OC(C)(C)OC. The molecule has 0 bridgehead atoms. The molecule has 0 aromatic rings. The van der Waals surface area contributed by atoms with Crippen LogP contribution < -0.4 is 0 Å². The lowest BCUT2D eigenvalue weighted by atomic mass is 10.4. The van der Waals surface area contributed by atoms with Gasteiger partial charge in [-0.25, -0.2) is 0 Å². The Morgan fingerprint density at radius 1 is 1.00 bits per heavy atom. The van der Waals surface area contributed by atoms with Crippen LogP contribution in [-0.4, -0.2) is 35.1 Å². The summed E-state index contributed by atoms with van der Waals surface area (Å²) in [5.74, 6) is -1.27. The average molecular weight is 248 g/mol. The second-order valence-corrected chi connectivity index (χ2v) is 6.20. The number of ether oxygens (including phenoxy) is 2. The first-order valence-corrected chi connectivity index (χ1v) is 7.09. The van der Waals surface area contributed by atoms with Gasteiger partial charge in [-0.1, -0.05) is 6.08 Å². The van der Waals surface area contributed by atoms with Gasteiger partial charge in [0.15, 0.2) is 11.6 Å². The van der Waals surface area contributed by atoms with E-state index in [0.29, 0.717) is 6.04 Å². The summed E-state index contributed by atoms with van der Waals surface area (Å²) in [5.41, 5.74) is 0. The molecule has 96 valence electrons. The van der Waals surface area contributed by atoms with E-state index in [-0.39, 0.29) is 0 Å². The molecule has 0 heterocycles. The van der Waals surface area contributed by atoms with Gasteiger partial charge in [-0.15, -0.1) is 6.58 Å². The topological polar surface area (TPSA) is 36.9 Å². The van der Waals surface area contributed by atoms with E-state index in [1.54, 1.807) is 20.3 Å². The molecule has 0 radical (unpaired) electrons. The van der Waals surface area contributed by atoms with Crippen molar-refractivity contribution in [3.05, 3.63) is 12.7 Å². The minimum atomic E-state index is -1.89. The molecule has 0 fully saturated rings. The Hall–Kier alpha value is -0.203. The fourth-order valence-corrected chi connectivity index (χ4v) is 2.96. The molecule has 0 amide bonds. The van der Waals surface area contributed by atoms with Gasteiger partial charge in [-0.2, -0.15) is 0 Å². The Bertz CT molecular complexity index is 198. The number of methoxy groups -OCH3 is 2. The van der Waals surface area contributed by atoms with Gasteiger partial charge >= 0.3 is 9.28 Å². The molecule has 16 heavy (non-hydrogen) atoms.